The van der Waals surface area contributed by atoms with Gasteiger partial charge in [-0.3, -0.25) is 5.10 Å². The molecule has 1 aromatic heterocycles. The highest BCUT2D eigenvalue weighted by molar-refractivity contribution is 5.70. The zero-order chi connectivity index (χ0) is 18.2. The van der Waals surface area contributed by atoms with Gasteiger partial charge in [0.2, 0.25) is 0 Å². The van der Waals surface area contributed by atoms with E-state index in [-0.39, 0.29) is 11.7 Å². The molecule has 6 nitrogen and oxygen atoms in total. The minimum Gasteiger partial charge on any atom is -0.444 e. The molecule has 0 spiro atoms. The van der Waals surface area contributed by atoms with Gasteiger partial charge in [-0.2, -0.15) is 10.4 Å². The first-order valence-electron chi connectivity index (χ1n) is 8.02. The fourth-order valence-corrected chi connectivity index (χ4v) is 2.79. The fraction of sp³-hybridized carbons (Fsp3) is 0.389. The number of amides is 1. The van der Waals surface area contributed by atoms with E-state index in [2.05, 4.69) is 10.2 Å². The Morgan fingerprint density at radius 1 is 1.44 bits per heavy atom. The lowest BCUT2D eigenvalue weighted by atomic mass is 9.99. The zero-order valence-corrected chi connectivity index (χ0v) is 14.4. The quantitative estimate of drug-likeness (QED) is 0.861. The lowest BCUT2D eigenvalue weighted by Gasteiger charge is -2.29. The molecule has 0 unspecified atom stereocenters. The van der Waals surface area contributed by atoms with Gasteiger partial charge in [-0.1, -0.05) is 6.07 Å². The molecule has 130 valence electrons. The Morgan fingerprint density at radius 3 is 2.84 bits per heavy atom. The minimum absolute atomic E-state index is 0.00394. The predicted molar refractivity (Wildman–Crippen MR) is 89.0 cm³/mol. The van der Waals surface area contributed by atoms with Gasteiger partial charge in [0.25, 0.3) is 0 Å². The van der Waals surface area contributed by atoms with Gasteiger partial charge < -0.3 is 9.64 Å². The van der Waals surface area contributed by atoms with Crippen LogP contribution >= 0.6 is 0 Å². The van der Waals surface area contributed by atoms with E-state index in [1.54, 1.807) is 17.0 Å². The maximum Gasteiger partial charge on any atom is 0.410 e. The zero-order valence-electron chi connectivity index (χ0n) is 14.4. The summed E-state index contributed by atoms with van der Waals surface area (Å²) in [6, 6.07) is 6.25. The molecule has 0 aliphatic carbocycles. The van der Waals surface area contributed by atoms with Crippen molar-refractivity contribution in [1.29, 1.82) is 5.26 Å². The standard InChI is InChI=1S/C18H19FN4O2/c1-18(2,3)25-17(24)23-7-6-13-15(10-23)21-22-16(13)11-4-5-12(9-20)14(19)8-11/h4-5,8H,6-7,10H2,1-3H3,(H,21,22). The van der Waals surface area contributed by atoms with Crippen LogP contribution in [0.5, 0.6) is 0 Å². The molecule has 1 aromatic carbocycles. The van der Waals surface area contributed by atoms with Crippen LogP contribution in [0.25, 0.3) is 11.3 Å². The summed E-state index contributed by atoms with van der Waals surface area (Å²) in [6.45, 7) is 6.36. The second kappa shape index (κ2) is 6.20. The largest absolute Gasteiger partial charge is 0.444 e. The van der Waals surface area contributed by atoms with E-state index in [0.29, 0.717) is 30.8 Å². The first-order chi connectivity index (χ1) is 11.8. The smallest absolute Gasteiger partial charge is 0.410 e. The van der Waals surface area contributed by atoms with Crippen molar-refractivity contribution in [1.82, 2.24) is 15.1 Å². The van der Waals surface area contributed by atoms with Gasteiger partial charge in [0.15, 0.2) is 0 Å². The van der Waals surface area contributed by atoms with Crippen molar-refractivity contribution in [3.8, 4) is 17.3 Å². The highest BCUT2D eigenvalue weighted by Crippen LogP contribution is 2.29. The molecular weight excluding hydrogens is 323 g/mol. The SMILES string of the molecule is CC(C)(C)OC(=O)N1CCc2c(-c3ccc(C#N)c(F)c3)n[nH]c2C1. The fourth-order valence-electron chi connectivity index (χ4n) is 2.79. The van der Waals surface area contributed by atoms with Gasteiger partial charge >= 0.3 is 6.09 Å². The number of fused-ring (bicyclic) bond motifs is 1. The van der Waals surface area contributed by atoms with Crippen LogP contribution in [0.2, 0.25) is 0 Å². The number of hydrogen-bond acceptors (Lipinski definition) is 4. The van der Waals surface area contributed by atoms with Crippen molar-refractivity contribution < 1.29 is 13.9 Å². The van der Waals surface area contributed by atoms with Crippen LogP contribution in [0, 0.1) is 17.1 Å². The average molecular weight is 342 g/mol. The van der Waals surface area contributed by atoms with Gasteiger partial charge in [0, 0.05) is 17.7 Å². The monoisotopic (exact) mass is 342 g/mol. The van der Waals surface area contributed by atoms with E-state index in [0.717, 1.165) is 11.3 Å². The number of hydrogen-bond donors (Lipinski definition) is 1. The molecule has 2 aromatic rings. The normalized spacial score (nSPS) is 14.0. The van der Waals surface area contributed by atoms with E-state index in [1.807, 2.05) is 20.8 Å². The molecule has 0 bridgehead atoms. The Balaban J connectivity index is 1.83. The number of carbonyl (C=O) groups excluding carboxylic acids is 1. The van der Waals surface area contributed by atoms with Crippen LogP contribution in [0.1, 0.15) is 37.6 Å². The summed E-state index contributed by atoms with van der Waals surface area (Å²) in [6.07, 6.45) is 0.237. The molecule has 7 heteroatoms. The summed E-state index contributed by atoms with van der Waals surface area (Å²) in [4.78, 5) is 13.8. The highest BCUT2D eigenvalue weighted by Gasteiger charge is 2.28. The Bertz CT molecular complexity index is 861. The summed E-state index contributed by atoms with van der Waals surface area (Å²) >= 11 is 0. The maximum absolute atomic E-state index is 13.9. The molecule has 2 heterocycles. The molecule has 0 saturated heterocycles. The molecule has 0 fully saturated rings. The molecule has 1 N–H and O–H groups in total. The molecular formula is C18H19FN4O2. The highest BCUT2D eigenvalue weighted by atomic mass is 19.1. The number of aromatic nitrogens is 2. The van der Waals surface area contributed by atoms with Gasteiger partial charge in [0.1, 0.15) is 17.5 Å². The van der Waals surface area contributed by atoms with Crippen LogP contribution < -0.4 is 0 Å². The van der Waals surface area contributed by atoms with E-state index in [9.17, 15) is 9.18 Å². The third-order valence-corrected chi connectivity index (χ3v) is 3.95. The van der Waals surface area contributed by atoms with Crippen LogP contribution in [0.4, 0.5) is 9.18 Å². The van der Waals surface area contributed by atoms with E-state index in [1.165, 1.54) is 12.1 Å². The molecule has 3 rings (SSSR count). The van der Waals surface area contributed by atoms with Crippen LogP contribution in [-0.2, 0) is 17.7 Å². The molecule has 0 saturated carbocycles. The predicted octanol–water partition coefficient (Wildman–Crippen LogP) is 3.38. The first kappa shape index (κ1) is 17.0. The second-order valence-corrected chi connectivity index (χ2v) is 6.99. The number of benzene rings is 1. The molecule has 25 heavy (non-hydrogen) atoms. The van der Waals surface area contributed by atoms with Crippen LogP contribution in [0.3, 0.4) is 0 Å². The molecule has 1 amide bonds. The number of ether oxygens (including phenoxy) is 1. The number of nitrogens with zero attached hydrogens (tertiary/aromatic N) is 3. The number of nitriles is 1. The minimum atomic E-state index is -0.567. The number of halogens is 1. The number of H-pyrrole nitrogens is 1. The molecule has 1 aliphatic rings. The van der Waals surface area contributed by atoms with Crippen LogP contribution in [0.15, 0.2) is 18.2 Å². The Morgan fingerprint density at radius 2 is 2.20 bits per heavy atom. The van der Waals surface area contributed by atoms with Gasteiger partial charge in [0.05, 0.1) is 23.5 Å². The van der Waals surface area contributed by atoms with Gasteiger partial charge in [-0.25, -0.2) is 9.18 Å². The van der Waals surface area contributed by atoms with E-state index in [4.69, 9.17) is 10.00 Å². The third-order valence-electron chi connectivity index (χ3n) is 3.95. The average Bonchev–Trinajstić information content (AvgIpc) is 2.96. The number of nitrogens with one attached hydrogen (secondary N) is 1. The number of carbonyl (C=O) groups is 1. The summed E-state index contributed by atoms with van der Waals surface area (Å²) in [5.41, 5.74) is 2.50. The van der Waals surface area contributed by atoms with E-state index >= 15 is 0 Å². The molecule has 1 aliphatic heterocycles. The summed E-state index contributed by atoms with van der Waals surface area (Å²) in [5, 5.41) is 16.0. The van der Waals surface area contributed by atoms with Crippen molar-refractivity contribution in [2.75, 3.05) is 6.54 Å². The van der Waals surface area contributed by atoms with Gasteiger partial charge in [-0.15, -0.1) is 0 Å². The van der Waals surface area contributed by atoms with Crippen molar-refractivity contribution in [3.05, 3.63) is 40.8 Å². The van der Waals surface area contributed by atoms with Crippen molar-refractivity contribution in [2.45, 2.75) is 39.3 Å². The summed E-state index contributed by atoms with van der Waals surface area (Å²) < 4.78 is 19.3. The third kappa shape index (κ3) is 3.48. The Labute approximate surface area is 145 Å². The van der Waals surface area contributed by atoms with E-state index < -0.39 is 11.4 Å². The molecule has 0 radical (unpaired) electrons. The first-order valence-corrected chi connectivity index (χ1v) is 8.02. The summed E-state index contributed by atoms with van der Waals surface area (Å²) in [7, 11) is 0. The Hall–Kier alpha value is -2.88. The molecule has 0 atom stereocenters. The Kier molecular flexibility index (Phi) is 4.21. The van der Waals surface area contributed by atoms with Crippen molar-refractivity contribution >= 4 is 6.09 Å². The maximum atomic E-state index is 13.9. The number of rotatable bonds is 1. The summed E-state index contributed by atoms with van der Waals surface area (Å²) in [5.74, 6) is -0.567. The van der Waals surface area contributed by atoms with Crippen LogP contribution in [-0.4, -0.2) is 33.3 Å². The topological polar surface area (TPSA) is 82.0 Å². The van der Waals surface area contributed by atoms with Crippen molar-refractivity contribution in [3.63, 3.8) is 0 Å². The van der Waals surface area contributed by atoms with Gasteiger partial charge in [-0.05, 0) is 39.3 Å². The number of aromatic amines is 1. The second-order valence-electron chi connectivity index (χ2n) is 6.99. The van der Waals surface area contributed by atoms with Crippen molar-refractivity contribution in [2.24, 2.45) is 0 Å². The lowest BCUT2D eigenvalue weighted by molar-refractivity contribution is 0.0221. The lowest BCUT2D eigenvalue weighted by Crippen LogP contribution is -2.39.